The molecule has 0 bridgehead atoms. The highest BCUT2D eigenvalue weighted by Gasteiger charge is 2.49. The maximum atomic E-state index is 12.9. The third kappa shape index (κ3) is 6.31. The molecule has 0 radical (unpaired) electrons. The molecule has 162 valence electrons. The van der Waals surface area contributed by atoms with Gasteiger partial charge < -0.3 is 14.6 Å². The number of hydrogen-bond donors (Lipinski definition) is 1. The third-order valence-electron chi connectivity index (χ3n) is 5.49. The van der Waals surface area contributed by atoms with Gasteiger partial charge in [0.15, 0.2) is 0 Å². The maximum Gasteiger partial charge on any atom is 0.347 e. The van der Waals surface area contributed by atoms with Crippen molar-refractivity contribution in [1.29, 1.82) is 0 Å². The van der Waals surface area contributed by atoms with Gasteiger partial charge in [0, 0.05) is 11.8 Å². The van der Waals surface area contributed by atoms with Gasteiger partial charge in [-0.25, -0.2) is 4.79 Å². The summed E-state index contributed by atoms with van der Waals surface area (Å²) in [6.07, 6.45) is -0.250. The Hall–Kier alpha value is -1.92. The number of rotatable bonds is 9. The molecule has 3 atom stereocenters. The van der Waals surface area contributed by atoms with Gasteiger partial charge in [-0.05, 0) is 40.0 Å². The van der Waals surface area contributed by atoms with Crippen molar-refractivity contribution in [3.8, 4) is 0 Å². The van der Waals surface area contributed by atoms with Crippen molar-refractivity contribution < 1.29 is 33.8 Å². The first-order chi connectivity index (χ1) is 12.8. The molecule has 0 aromatic heterocycles. The Morgan fingerprint density at radius 3 is 2.00 bits per heavy atom. The number of aliphatic carboxylic acids is 1. The van der Waals surface area contributed by atoms with Crippen LogP contribution in [0.1, 0.15) is 81.1 Å². The Kier molecular flexibility index (Phi) is 9.34. The zero-order chi connectivity index (χ0) is 22.3. The highest BCUT2D eigenvalue weighted by Crippen LogP contribution is 2.45. The van der Waals surface area contributed by atoms with Crippen LogP contribution in [-0.4, -0.2) is 41.5 Å². The first-order valence-electron chi connectivity index (χ1n) is 9.89. The minimum absolute atomic E-state index is 0.00312. The van der Waals surface area contributed by atoms with Crippen LogP contribution in [0.5, 0.6) is 0 Å². The fraction of sp³-hybridized carbons (Fsp3) is 0.810. The topological polar surface area (TPSA) is 107 Å². The maximum absolute atomic E-state index is 12.9. The molecule has 0 aromatic carbocycles. The summed E-state index contributed by atoms with van der Waals surface area (Å²) >= 11 is 0. The molecule has 1 fully saturated rings. The molecule has 7 nitrogen and oxygen atoms in total. The minimum atomic E-state index is -1.23. The summed E-state index contributed by atoms with van der Waals surface area (Å²) in [5.41, 5.74) is -3.23. The molecule has 0 spiro atoms. The van der Waals surface area contributed by atoms with Crippen molar-refractivity contribution in [3.05, 3.63) is 0 Å². The van der Waals surface area contributed by atoms with E-state index in [1.807, 2.05) is 13.8 Å². The summed E-state index contributed by atoms with van der Waals surface area (Å²) in [5.74, 6) is -2.38. The Balaban J connectivity index is 0.00000352. The average Bonchev–Trinajstić information content (AvgIpc) is 3.00. The van der Waals surface area contributed by atoms with Crippen LogP contribution >= 0.6 is 0 Å². The van der Waals surface area contributed by atoms with Crippen LogP contribution < -0.4 is 0 Å². The van der Waals surface area contributed by atoms with E-state index in [0.717, 1.165) is 0 Å². The van der Waals surface area contributed by atoms with Crippen LogP contribution in [0.4, 0.5) is 0 Å². The summed E-state index contributed by atoms with van der Waals surface area (Å²) in [4.78, 5) is 48.3. The highest BCUT2D eigenvalue weighted by molar-refractivity contribution is 5.86. The lowest BCUT2D eigenvalue weighted by atomic mass is 9.64. The predicted molar refractivity (Wildman–Crippen MR) is 105 cm³/mol. The molecule has 1 rings (SSSR count). The van der Waals surface area contributed by atoms with E-state index in [2.05, 4.69) is 0 Å². The third-order valence-corrected chi connectivity index (χ3v) is 5.49. The number of esters is 2. The number of cyclic esters (lactones) is 1. The number of carboxylic acids is 1. The zero-order valence-electron chi connectivity index (χ0n) is 18.5. The van der Waals surface area contributed by atoms with Crippen molar-refractivity contribution in [3.63, 3.8) is 0 Å². The van der Waals surface area contributed by atoms with Crippen LogP contribution in [0.15, 0.2) is 0 Å². The van der Waals surface area contributed by atoms with Crippen LogP contribution in [0, 0.1) is 16.2 Å². The molecule has 7 heteroatoms. The molecular formula is C21H36O7. The number of carboxylic acid groups (broad SMARTS) is 1. The molecule has 1 aliphatic rings. The van der Waals surface area contributed by atoms with Gasteiger partial charge in [0.25, 0.3) is 0 Å². The van der Waals surface area contributed by atoms with Gasteiger partial charge in [0.05, 0.1) is 17.4 Å². The first-order valence-corrected chi connectivity index (χ1v) is 9.89. The van der Waals surface area contributed by atoms with E-state index in [4.69, 9.17) is 9.47 Å². The summed E-state index contributed by atoms with van der Waals surface area (Å²) in [7, 11) is 0. The second-order valence-corrected chi connectivity index (χ2v) is 8.42. The van der Waals surface area contributed by atoms with Crippen molar-refractivity contribution in [1.82, 2.24) is 0 Å². The number of carbonyl (C=O) groups is 4. The van der Waals surface area contributed by atoms with Gasteiger partial charge in [-0.2, -0.15) is 0 Å². The largest absolute Gasteiger partial charge is 0.481 e. The van der Waals surface area contributed by atoms with Crippen molar-refractivity contribution in [2.24, 2.45) is 16.2 Å². The van der Waals surface area contributed by atoms with E-state index in [1.165, 1.54) is 6.92 Å². The smallest absolute Gasteiger partial charge is 0.347 e. The molecule has 0 saturated carbocycles. The molecule has 3 unspecified atom stereocenters. The fourth-order valence-corrected chi connectivity index (χ4v) is 3.38. The van der Waals surface area contributed by atoms with Gasteiger partial charge in [-0.15, -0.1) is 0 Å². The summed E-state index contributed by atoms with van der Waals surface area (Å²) in [5, 5.41) is 9.62. The minimum Gasteiger partial charge on any atom is -0.481 e. The molecule has 0 aliphatic carbocycles. The Labute approximate surface area is 168 Å². The molecule has 0 amide bonds. The van der Waals surface area contributed by atoms with Crippen molar-refractivity contribution in [2.45, 2.75) is 87.2 Å². The van der Waals surface area contributed by atoms with Crippen molar-refractivity contribution in [2.75, 3.05) is 6.61 Å². The fourth-order valence-electron chi connectivity index (χ4n) is 3.38. The number of ether oxygens (including phenoxy) is 2. The normalized spacial score (nSPS) is 20.7. The van der Waals surface area contributed by atoms with E-state index >= 15 is 0 Å². The second-order valence-electron chi connectivity index (χ2n) is 8.42. The predicted octanol–water partition coefficient (Wildman–Crippen LogP) is 3.77. The van der Waals surface area contributed by atoms with Gasteiger partial charge in [-0.3, -0.25) is 14.4 Å². The van der Waals surface area contributed by atoms with Gasteiger partial charge in [0.2, 0.25) is 6.10 Å². The zero-order valence-corrected chi connectivity index (χ0v) is 18.5. The van der Waals surface area contributed by atoms with E-state index in [9.17, 15) is 24.3 Å². The molecule has 28 heavy (non-hydrogen) atoms. The van der Waals surface area contributed by atoms with E-state index in [0.29, 0.717) is 6.42 Å². The lowest BCUT2D eigenvalue weighted by Crippen LogP contribution is -2.44. The monoisotopic (exact) mass is 400 g/mol. The molecule has 1 aliphatic heterocycles. The Morgan fingerprint density at radius 2 is 1.64 bits per heavy atom. The summed E-state index contributed by atoms with van der Waals surface area (Å²) in [6, 6.07) is 0. The lowest BCUT2D eigenvalue weighted by Gasteiger charge is -2.39. The van der Waals surface area contributed by atoms with Gasteiger partial charge in [-0.1, -0.05) is 34.6 Å². The SMILES string of the molecule is CC.CCC(C)(CC(C)(CC(C)(C)C(C)=O)C(=O)OC1CCOC1=O)C(=O)O. The van der Waals surface area contributed by atoms with E-state index in [1.54, 1.807) is 34.6 Å². The van der Waals surface area contributed by atoms with Crippen LogP contribution in [0.25, 0.3) is 0 Å². The van der Waals surface area contributed by atoms with Gasteiger partial charge in [0.1, 0.15) is 5.78 Å². The van der Waals surface area contributed by atoms with E-state index < -0.39 is 40.3 Å². The lowest BCUT2D eigenvalue weighted by molar-refractivity contribution is -0.173. The summed E-state index contributed by atoms with van der Waals surface area (Å²) < 4.78 is 10.2. The quantitative estimate of drug-likeness (QED) is 0.587. The molecule has 1 heterocycles. The number of carbonyl (C=O) groups excluding carboxylic acids is 3. The molecule has 0 aromatic rings. The Morgan fingerprint density at radius 1 is 1.11 bits per heavy atom. The second kappa shape index (κ2) is 10.0. The van der Waals surface area contributed by atoms with Crippen LogP contribution in [0.2, 0.25) is 0 Å². The Bertz CT molecular complexity index is 596. The molecule has 1 N–H and O–H groups in total. The van der Waals surface area contributed by atoms with Crippen LogP contribution in [0.3, 0.4) is 0 Å². The number of Topliss-reactive ketones (excluding diaryl/α,β-unsaturated/α-hetero) is 1. The highest BCUT2D eigenvalue weighted by atomic mass is 16.6. The van der Waals surface area contributed by atoms with Gasteiger partial charge >= 0.3 is 17.9 Å². The molecular weight excluding hydrogens is 364 g/mol. The van der Waals surface area contributed by atoms with E-state index in [-0.39, 0.29) is 31.7 Å². The summed E-state index contributed by atoms with van der Waals surface area (Å²) in [6.45, 7) is 14.0. The number of hydrogen-bond acceptors (Lipinski definition) is 6. The van der Waals surface area contributed by atoms with Crippen LogP contribution in [-0.2, 0) is 28.7 Å². The standard InChI is InChI=1S/C19H30O7.C2H6/c1-7-18(5,15(22)23)11-19(6,10-17(3,4)12(2)20)16(24)26-13-8-9-25-14(13)21;1-2/h13H,7-11H2,1-6H3,(H,22,23);1-2H3. The number of ketones is 1. The van der Waals surface area contributed by atoms with Crippen molar-refractivity contribution >= 4 is 23.7 Å². The average molecular weight is 401 g/mol. The molecule has 1 saturated heterocycles. The first kappa shape index (κ1) is 26.1.